The van der Waals surface area contributed by atoms with E-state index in [1.807, 2.05) is 6.92 Å². The minimum absolute atomic E-state index is 0.137. The lowest BCUT2D eigenvalue weighted by Gasteiger charge is -2.07. The normalized spacial score (nSPS) is 27.6. The van der Waals surface area contributed by atoms with Crippen molar-refractivity contribution in [2.45, 2.75) is 25.5 Å². The minimum Gasteiger partial charge on any atom is -0.373 e. The Kier molecular flexibility index (Phi) is 1.88. The van der Waals surface area contributed by atoms with E-state index < -0.39 is 0 Å². The summed E-state index contributed by atoms with van der Waals surface area (Å²) in [7, 11) is 0. The van der Waals surface area contributed by atoms with Crippen LogP contribution in [-0.4, -0.2) is 18.8 Å². The predicted octanol–water partition coefficient (Wildman–Crippen LogP) is 0.679. The third-order valence-electron chi connectivity index (χ3n) is 1.55. The first-order valence-corrected chi connectivity index (χ1v) is 3.22. The number of hydrogen-bond acceptors (Lipinski definition) is 2. The monoisotopic (exact) mass is 127 g/mol. The van der Waals surface area contributed by atoms with Gasteiger partial charge in [0.1, 0.15) is 0 Å². The largest absolute Gasteiger partial charge is 0.373 e. The van der Waals surface area contributed by atoms with Crippen LogP contribution in [0.5, 0.6) is 0 Å². The summed E-state index contributed by atoms with van der Waals surface area (Å²) in [5.74, 6) is 0. The molecule has 0 saturated carbocycles. The fourth-order valence-electron chi connectivity index (χ4n) is 0.689. The standard InChI is InChI=1S/C7H13NO/c1-5(2)7(8)3-6-4-9-6/h6-7H,1,3-4,8H2,2H3. The van der Waals surface area contributed by atoms with Gasteiger partial charge in [-0.25, -0.2) is 0 Å². The molecule has 9 heavy (non-hydrogen) atoms. The van der Waals surface area contributed by atoms with Gasteiger partial charge in [0.05, 0.1) is 12.7 Å². The van der Waals surface area contributed by atoms with E-state index in [0.29, 0.717) is 6.10 Å². The Labute approximate surface area is 55.7 Å². The third-order valence-corrected chi connectivity index (χ3v) is 1.55. The molecule has 2 nitrogen and oxygen atoms in total. The van der Waals surface area contributed by atoms with Crippen molar-refractivity contribution < 1.29 is 4.74 Å². The zero-order valence-corrected chi connectivity index (χ0v) is 5.76. The summed E-state index contributed by atoms with van der Waals surface area (Å²) in [5.41, 5.74) is 6.72. The highest BCUT2D eigenvalue weighted by atomic mass is 16.6. The maximum Gasteiger partial charge on any atom is 0.0827 e. The van der Waals surface area contributed by atoms with Crippen LogP contribution < -0.4 is 5.73 Å². The van der Waals surface area contributed by atoms with Gasteiger partial charge in [-0.1, -0.05) is 12.2 Å². The molecule has 1 aliphatic rings. The predicted molar refractivity (Wildman–Crippen MR) is 37.1 cm³/mol. The molecule has 0 aromatic carbocycles. The topological polar surface area (TPSA) is 38.5 Å². The second-order valence-corrected chi connectivity index (χ2v) is 2.64. The molecular formula is C7H13NO. The summed E-state index contributed by atoms with van der Waals surface area (Å²) in [6.07, 6.45) is 1.37. The molecule has 1 fully saturated rings. The molecule has 1 rings (SSSR count). The van der Waals surface area contributed by atoms with Crippen LogP contribution >= 0.6 is 0 Å². The molecule has 0 aliphatic carbocycles. The second-order valence-electron chi connectivity index (χ2n) is 2.64. The summed E-state index contributed by atoms with van der Waals surface area (Å²) in [6.45, 7) is 6.60. The van der Waals surface area contributed by atoms with Crippen molar-refractivity contribution in [3.8, 4) is 0 Å². The SMILES string of the molecule is C=C(C)C(N)CC1CO1. The Morgan fingerprint density at radius 3 is 2.89 bits per heavy atom. The van der Waals surface area contributed by atoms with Gasteiger partial charge in [0.15, 0.2) is 0 Å². The van der Waals surface area contributed by atoms with E-state index in [1.54, 1.807) is 0 Å². The Hall–Kier alpha value is -0.340. The number of hydrogen-bond donors (Lipinski definition) is 1. The zero-order valence-electron chi connectivity index (χ0n) is 5.76. The molecule has 1 saturated heterocycles. The average molecular weight is 127 g/mol. The Morgan fingerprint density at radius 1 is 2.00 bits per heavy atom. The average Bonchev–Trinajstić information content (AvgIpc) is 2.50. The molecule has 0 radical (unpaired) electrons. The molecule has 2 heteroatoms. The molecule has 2 N–H and O–H groups in total. The fourth-order valence-corrected chi connectivity index (χ4v) is 0.689. The first-order valence-electron chi connectivity index (χ1n) is 3.22. The molecule has 2 atom stereocenters. The number of ether oxygens (including phenoxy) is 1. The fraction of sp³-hybridized carbons (Fsp3) is 0.714. The maximum atomic E-state index is 5.68. The Morgan fingerprint density at radius 2 is 2.56 bits per heavy atom. The van der Waals surface area contributed by atoms with Gasteiger partial charge in [0.2, 0.25) is 0 Å². The molecule has 0 aromatic heterocycles. The molecule has 0 aromatic rings. The van der Waals surface area contributed by atoms with Gasteiger partial charge < -0.3 is 10.5 Å². The minimum atomic E-state index is 0.137. The molecular weight excluding hydrogens is 114 g/mol. The molecule has 1 aliphatic heterocycles. The molecule has 0 bridgehead atoms. The van der Waals surface area contributed by atoms with Crippen LogP contribution in [0.2, 0.25) is 0 Å². The molecule has 0 amide bonds. The van der Waals surface area contributed by atoms with E-state index in [9.17, 15) is 0 Å². The molecule has 1 heterocycles. The molecule has 2 unspecified atom stereocenters. The smallest absolute Gasteiger partial charge is 0.0827 e. The first kappa shape index (κ1) is 6.78. The van der Waals surface area contributed by atoms with E-state index in [-0.39, 0.29) is 6.04 Å². The van der Waals surface area contributed by atoms with Crippen molar-refractivity contribution >= 4 is 0 Å². The quantitative estimate of drug-likeness (QED) is 0.447. The van der Waals surface area contributed by atoms with E-state index in [0.717, 1.165) is 18.6 Å². The summed E-state index contributed by atoms with van der Waals surface area (Å²) >= 11 is 0. The van der Waals surface area contributed by atoms with E-state index in [1.165, 1.54) is 0 Å². The zero-order chi connectivity index (χ0) is 6.85. The summed E-state index contributed by atoms with van der Waals surface area (Å²) in [5, 5.41) is 0. The van der Waals surface area contributed by atoms with Crippen molar-refractivity contribution in [1.82, 2.24) is 0 Å². The van der Waals surface area contributed by atoms with Gasteiger partial charge in [-0.15, -0.1) is 0 Å². The van der Waals surface area contributed by atoms with E-state index in [2.05, 4.69) is 6.58 Å². The van der Waals surface area contributed by atoms with Crippen LogP contribution in [0, 0.1) is 0 Å². The second kappa shape index (κ2) is 2.50. The Balaban J connectivity index is 2.16. The highest BCUT2D eigenvalue weighted by molar-refractivity contribution is 5.01. The van der Waals surface area contributed by atoms with Gasteiger partial charge in [-0.05, 0) is 13.3 Å². The lowest BCUT2D eigenvalue weighted by atomic mass is 10.1. The van der Waals surface area contributed by atoms with Crippen LogP contribution in [0.25, 0.3) is 0 Å². The Bertz CT molecular complexity index is 118. The van der Waals surface area contributed by atoms with E-state index >= 15 is 0 Å². The van der Waals surface area contributed by atoms with Gasteiger partial charge in [-0.3, -0.25) is 0 Å². The molecule has 0 spiro atoms. The lowest BCUT2D eigenvalue weighted by molar-refractivity contribution is 0.387. The maximum absolute atomic E-state index is 5.68. The number of epoxide rings is 1. The van der Waals surface area contributed by atoms with Gasteiger partial charge in [-0.2, -0.15) is 0 Å². The summed E-state index contributed by atoms with van der Waals surface area (Å²) in [6, 6.07) is 0.137. The van der Waals surface area contributed by atoms with Gasteiger partial charge in [0.25, 0.3) is 0 Å². The molecule has 52 valence electrons. The highest BCUT2D eigenvalue weighted by Gasteiger charge is 2.24. The van der Waals surface area contributed by atoms with Crippen molar-refractivity contribution in [2.24, 2.45) is 5.73 Å². The van der Waals surface area contributed by atoms with Crippen molar-refractivity contribution in [2.75, 3.05) is 6.61 Å². The van der Waals surface area contributed by atoms with Crippen molar-refractivity contribution in [3.63, 3.8) is 0 Å². The number of nitrogens with two attached hydrogens (primary N) is 1. The van der Waals surface area contributed by atoms with Crippen molar-refractivity contribution in [3.05, 3.63) is 12.2 Å². The highest BCUT2D eigenvalue weighted by Crippen LogP contribution is 2.16. The van der Waals surface area contributed by atoms with Crippen LogP contribution in [0.1, 0.15) is 13.3 Å². The van der Waals surface area contributed by atoms with Crippen LogP contribution in [-0.2, 0) is 4.74 Å². The van der Waals surface area contributed by atoms with Gasteiger partial charge in [0, 0.05) is 6.04 Å². The summed E-state index contributed by atoms with van der Waals surface area (Å²) in [4.78, 5) is 0. The van der Waals surface area contributed by atoms with E-state index in [4.69, 9.17) is 10.5 Å². The number of rotatable bonds is 3. The van der Waals surface area contributed by atoms with Crippen LogP contribution in [0.15, 0.2) is 12.2 Å². The summed E-state index contributed by atoms with van der Waals surface area (Å²) < 4.78 is 5.01. The lowest BCUT2D eigenvalue weighted by Crippen LogP contribution is -2.22. The van der Waals surface area contributed by atoms with Crippen molar-refractivity contribution in [1.29, 1.82) is 0 Å². The van der Waals surface area contributed by atoms with Gasteiger partial charge >= 0.3 is 0 Å². The third kappa shape index (κ3) is 2.16. The van der Waals surface area contributed by atoms with Crippen LogP contribution in [0.3, 0.4) is 0 Å². The first-order chi connectivity index (χ1) is 4.20. The van der Waals surface area contributed by atoms with Crippen LogP contribution in [0.4, 0.5) is 0 Å².